The van der Waals surface area contributed by atoms with Crippen LogP contribution in [-0.2, 0) is 22.6 Å². The lowest BCUT2D eigenvalue weighted by Gasteiger charge is -2.50. The summed E-state index contributed by atoms with van der Waals surface area (Å²) in [6.45, 7) is 5.24. The van der Waals surface area contributed by atoms with Crippen LogP contribution in [0.15, 0.2) is 59.1 Å². The second kappa shape index (κ2) is 11.4. The number of amides is 1. The zero-order valence-electron chi connectivity index (χ0n) is 25.5. The lowest BCUT2D eigenvalue weighted by molar-refractivity contribution is -0.148. The van der Waals surface area contributed by atoms with E-state index in [4.69, 9.17) is 10.5 Å². The van der Waals surface area contributed by atoms with Gasteiger partial charge in [-0.2, -0.15) is 0 Å². The third-order valence-corrected chi connectivity index (χ3v) is 9.56. The van der Waals surface area contributed by atoms with Crippen LogP contribution < -0.4 is 10.5 Å². The molecule has 3 aliphatic carbocycles. The van der Waals surface area contributed by atoms with Gasteiger partial charge in [-0.25, -0.2) is 0 Å². The van der Waals surface area contributed by atoms with Gasteiger partial charge in [0.05, 0.1) is 18.7 Å². The van der Waals surface area contributed by atoms with E-state index in [1.807, 2.05) is 25.1 Å². The Morgan fingerprint density at radius 2 is 1.82 bits per heavy atom. The first-order valence-electron chi connectivity index (χ1n) is 14.6. The molecule has 5 rings (SSSR count). The van der Waals surface area contributed by atoms with Crippen LogP contribution in [0.3, 0.4) is 0 Å². The van der Waals surface area contributed by atoms with E-state index in [-0.39, 0.29) is 35.8 Å². The third-order valence-electron chi connectivity index (χ3n) is 9.56. The molecule has 0 saturated carbocycles. The fourth-order valence-corrected chi connectivity index (χ4v) is 7.42. The predicted molar refractivity (Wildman–Crippen MR) is 161 cm³/mol. The SMILES string of the molecule is CCN(Cc1cc(O)c2c(c1OC)C[C@H]1C[C@H]3[C@H](N(C)C)C(O)=C(C(N)=O)C(=O)[C@@]3(O)C(O)=C1C2=O)C(C)c1ccccc1. The van der Waals surface area contributed by atoms with Gasteiger partial charge in [0.2, 0.25) is 5.78 Å². The van der Waals surface area contributed by atoms with Crippen molar-refractivity contribution in [3.8, 4) is 11.5 Å². The molecule has 0 fully saturated rings. The van der Waals surface area contributed by atoms with E-state index in [1.165, 1.54) is 18.1 Å². The van der Waals surface area contributed by atoms with Crippen molar-refractivity contribution >= 4 is 17.5 Å². The molecule has 0 radical (unpaired) electrons. The van der Waals surface area contributed by atoms with Crippen LogP contribution in [0.2, 0.25) is 0 Å². The van der Waals surface area contributed by atoms with Crippen LogP contribution in [0, 0.1) is 11.8 Å². The molecule has 0 bridgehead atoms. The number of aliphatic hydroxyl groups excluding tert-OH is 2. The smallest absolute Gasteiger partial charge is 0.255 e. The number of aliphatic hydroxyl groups is 3. The highest BCUT2D eigenvalue weighted by atomic mass is 16.5. The molecule has 6 N–H and O–H groups in total. The van der Waals surface area contributed by atoms with Gasteiger partial charge in [-0.1, -0.05) is 37.3 Å². The number of ketones is 2. The van der Waals surface area contributed by atoms with Gasteiger partial charge >= 0.3 is 0 Å². The minimum Gasteiger partial charge on any atom is -0.510 e. The van der Waals surface area contributed by atoms with Crippen molar-refractivity contribution in [1.29, 1.82) is 0 Å². The molecule has 1 unspecified atom stereocenters. The molecule has 234 valence electrons. The summed E-state index contributed by atoms with van der Waals surface area (Å²) in [4.78, 5) is 43.4. The van der Waals surface area contributed by atoms with E-state index >= 15 is 0 Å². The number of rotatable bonds is 8. The minimum atomic E-state index is -2.68. The number of nitrogens with zero attached hydrogens (tertiary/aromatic N) is 2. The summed E-state index contributed by atoms with van der Waals surface area (Å²) < 4.78 is 5.87. The number of benzene rings is 2. The second-order valence-electron chi connectivity index (χ2n) is 12.1. The molecule has 0 aromatic heterocycles. The fraction of sp³-hybridized carbons (Fsp3) is 0.424. The second-order valence-corrected chi connectivity index (χ2v) is 12.1. The summed E-state index contributed by atoms with van der Waals surface area (Å²) >= 11 is 0. The molecule has 2 aromatic rings. The highest BCUT2D eigenvalue weighted by molar-refractivity contribution is 6.24. The number of allylic oxidation sites excluding steroid dienone is 1. The van der Waals surface area contributed by atoms with Crippen LogP contribution in [0.25, 0.3) is 0 Å². The molecule has 0 aliphatic heterocycles. The van der Waals surface area contributed by atoms with Crippen molar-refractivity contribution in [2.45, 2.75) is 50.9 Å². The summed E-state index contributed by atoms with van der Waals surface area (Å²) in [6.07, 6.45) is 0.158. The van der Waals surface area contributed by atoms with E-state index in [0.29, 0.717) is 30.0 Å². The van der Waals surface area contributed by atoms with Gasteiger partial charge in [-0.05, 0) is 58.0 Å². The highest BCUT2D eigenvalue weighted by Gasteiger charge is 2.63. The van der Waals surface area contributed by atoms with Crippen molar-refractivity contribution < 1.29 is 39.5 Å². The van der Waals surface area contributed by atoms with Crippen molar-refractivity contribution in [2.24, 2.45) is 17.6 Å². The molecule has 1 amide bonds. The number of phenols is 1. The number of hydrogen-bond donors (Lipinski definition) is 5. The summed E-state index contributed by atoms with van der Waals surface area (Å²) in [5.74, 6) is -6.43. The Morgan fingerprint density at radius 1 is 1.16 bits per heavy atom. The standard InChI is InChI=1S/C33H39N3O8/c1-6-36(16(2)17-10-8-7-9-11-17)15-19-14-22(37)24-20(29(19)44-5)12-18-13-21-26(35(3)4)28(39)25(32(34)42)31(41)33(21,43)30(40)23(18)27(24)38/h7-11,14,16,18,21,26,37,39-40,43H,6,12-13,15H2,1-5H3,(H2,34,42)/t16?,18-,21-,26-,33-/m0/s1. The molecule has 0 saturated heterocycles. The number of Topliss-reactive ketones (excluding diaryl/α,β-unsaturated/α-hetero) is 2. The first kappa shape index (κ1) is 31.2. The first-order chi connectivity index (χ1) is 20.8. The Morgan fingerprint density at radius 3 is 2.39 bits per heavy atom. The van der Waals surface area contributed by atoms with Crippen molar-refractivity contribution in [3.05, 3.63) is 81.3 Å². The van der Waals surface area contributed by atoms with Crippen LogP contribution in [0.4, 0.5) is 0 Å². The number of ether oxygens (including phenoxy) is 1. The Kier molecular flexibility index (Phi) is 8.08. The van der Waals surface area contributed by atoms with Gasteiger partial charge in [0.15, 0.2) is 11.4 Å². The van der Waals surface area contributed by atoms with Gasteiger partial charge in [0.25, 0.3) is 5.91 Å². The average Bonchev–Trinajstić information content (AvgIpc) is 2.97. The average molecular weight is 606 g/mol. The molecule has 44 heavy (non-hydrogen) atoms. The van der Waals surface area contributed by atoms with Crippen molar-refractivity contribution in [3.63, 3.8) is 0 Å². The molecule has 5 atom stereocenters. The molecular formula is C33H39N3O8. The summed E-state index contributed by atoms with van der Waals surface area (Å²) in [5, 5.41) is 45.5. The summed E-state index contributed by atoms with van der Waals surface area (Å²) in [5.41, 5.74) is 3.86. The zero-order chi connectivity index (χ0) is 32.2. The molecular weight excluding hydrogens is 566 g/mol. The number of hydrogen-bond acceptors (Lipinski definition) is 10. The number of primary amides is 1. The van der Waals surface area contributed by atoms with Gasteiger partial charge in [0.1, 0.15) is 28.6 Å². The lowest BCUT2D eigenvalue weighted by Crippen LogP contribution is -2.63. The number of methoxy groups -OCH3 is 1. The molecule has 11 nitrogen and oxygen atoms in total. The molecule has 0 heterocycles. The highest BCUT2D eigenvalue weighted by Crippen LogP contribution is 2.53. The molecule has 2 aromatic carbocycles. The third kappa shape index (κ3) is 4.58. The summed E-state index contributed by atoms with van der Waals surface area (Å²) in [7, 11) is 4.68. The maximum atomic E-state index is 14.0. The largest absolute Gasteiger partial charge is 0.510 e. The lowest BCUT2D eigenvalue weighted by atomic mass is 9.58. The zero-order valence-corrected chi connectivity index (χ0v) is 25.5. The van der Waals surface area contributed by atoms with E-state index in [1.54, 1.807) is 14.1 Å². The number of carbonyl (C=O) groups is 3. The Balaban J connectivity index is 1.61. The van der Waals surface area contributed by atoms with E-state index < -0.39 is 58.0 Å². The van der Waals surface area contributed by atoms with E-state index in [0.717, 1.165) is 5.56 Å². The first-order valence-corrected chi connectivity index (χ1v) is 14.6. The fourth-order valence-electron chi connectivity index (χ4n) is 7.42. The predicted octanol–water partition coefficient (Wildman–Crippen LogP) is 2.71. The number of likely N-dealkylation sites (N-methyl/N-ethyl adjacent to an activating group) is 1. The van der Waals surface area contributed by atoms with E-state index in [2.05, 4.69) is 24.0 Å². The maximum Gasteiger partial charge on any atom is 0.255 e. The molecule has 0 spiro atoms. The maximum absolute atomic E-state index is 14.0. The van der Waals surface area contributed by atoms with Crippen LogP contribution >= 0.6 is 0 Å². The van der Waals surface area contributed by atoms with Crippen molar-refractivity contribution in [1.82, 2.24) is 9.80 Å². The van der Waals surface area contributed by atoms with Gasteiger partial charge < -0.3 is 30.9 Å². The van der Waals surface area contributed by atoms with Gasteiger partial charge in [0, 0.05) is 35.2 Å². The minimum absolute atomic E-state index is 0.00598. The van der Waals surface area contributed by atoms with Crippen LogP contribution in [0.1, 0.15) is 53.4 Å². The number of fused-ring (bicyclic) bond motifs is 3. The van der Waals surface area contributed by atoms with Crippen molar-refractivity contribution in [2.75, 3.05) is 27.7 Å². The normalized spacial score (nSPS) is 25.6. The monoisotopic (exact) mass is 605 g/mol. The van der Waals surface area contributed by atoms with Crippen LogP contribution in [0.5, 0.6) is 11.5 Å². The Labute approximate surface area is 255 Å². The van der Waals surface area contributed by atoms with Gasteiger partial charge in [-0.15, -0.1) is 0 Å². The molecule has 11 heteroatoms. The molecule has 3 aliphatic rings. The quantitative estimate of drug-likeness (QED) is 0.282. The Hall–Kier alpha value is -4.19. The number of aromatic hydroxyl groups is 1. The number of nitrogens with two attached hydrogens (primary N) is 1. The van der Waals surface area contributed by atoms with Crippen LogP contribution in [-0.4, -0.2) is 87.1 Å². The van der Waals surface area contributed by atoms with Gasteiger partial charge in [-0.3, -0.25) is 24.2 Å². The number of phenolic OH excluding ortho intramolecular Hbond substituents is 1. The Bertz CT molecular complexity index is 1600. The number of carbonyl (C=O) groups excluding carboxylic acids is 3. The van der Waals surface area contributed by atoms with E-state index in [9.17, 15) is 34.8 Å². The summed E-state index contributed by atoms with van der Waals surface area (Å²) in [6, 6.07) is 10.5. The topological polar surface area (TPSA) is 174 Å².